The quantitative estimate of drug-likeness (QED) is 0.676. The Balaban J connectivity index is 1.94. The number of benzene rings is 1. The highest BCUT2D eigenvalue weighted by molar-refractivity contribution is 7.10. The molecule has 3 nitrogen and oxygen atoms in total. The lowest BCUT2D eigenvalue weighted by atomic mass is 9.84. The van der Waals surface area contributed by atoms with Gasteiger partial charge in [0.25, 0.3) is 0 Å². The Morgan fingerprint density at radius 1 is 1.12 bits per heavy atom. The number of anilines is 1. The maximum atomic E-state index is 13.3. The fraction of sp³-hybridized carbons (Fsp3) is 0.364. The molecule has 1 saturated carbocycles. The predicted molar refractivity (Wildman–Crippen MR) is 106 cm³/mol. The highest BCUT2D eigenvalue weighted by atomic mass is 32.1. The molecule has 0 bridgehead atoms. The SMILES string of the molecule is C#CC(=O)N(c1ccccc1)C(C(=O)CC1CCCCC1)c1cccs1. The highest BCUT2D eigenvalue weighted by Gasteiger charge is 2.33. The molecule has 1 atom stereocenters. The number of rotatable bonds is 6. The molecule has 26 heavy (non-hydrogen) atoms. The van der Waals surface area contributed by atoms with E-state index in [1.54, 1.807) is 0 Å². The molecule has 1 fully saturated rings. The first-order chi connectivity index (χ1) is 12.7. The van der Waals surface area contributed by atoms with E-state index in [4.69, 9.17) is 6.42 Å². The Bertz CT molecular complexity index is 770. The fourth-order valence-electron chi connectivity index (χ4n) is 3.71. The Morgan fingerprint density at radius 3 is 2.46 bits per heavy atom. The molecule has 1 unspecified atom stereocenters. The second-order valence-corrected chi connectivity index (χ2v) is 7.73. The number of ketones is 1. The number of carbonyl (C=O) groups excluding carboxylic acids is 2. The number of hydrogen-bond donors (Lipinski definition) is 0. The normalized spacial score (nSPS) is 15.8. The van der Waals surface area contributed by atoms with Crippen molar-refractivity contribution >= 4 is 28.7 Å². The molecule has 1 aromatic heterocycles. The molecule has 1 amide bonds. The van der Waals surface area contributed by atoms with E-state index in [1.165, 1.54) is 35.5 Å². The second kappa shape index (κ2) is 8.82. The number of hydrogen-bond acceptors (Lipinski definition) is 3. The Labute approximate surface area is 159 Å². The predicted octanol–water partition coefficient (Wildman–Crippen LogP) is 5.00. The van der Waals surface area contributed by atoms with Crippen LogP contribution in [0.15, 0.2) is 47.8 Å². The molecule has 0 spiro atoms. The number of amides is 1. The van der Waals surface area contributed by atoms with Crippen molar-refractivity contribution in [2.24, 2.45) is 5.92 Å². The molecule has 1 heterocycles. The van der Waals surface area contributed by atoms with Gasteiger partial charge in [-0.1, -0.05) is 56.4 Å². The molecule has 0 radical (unpaired) electrons. The first-order valence-corrected chi connectivity index (χ1v) is 9.99. The van der Waals surface area contributed by atoms with Crippen LogP contribution in [0.2, 0.25) is 0 Å². The lowest BCUT2D eigenvalue weighted by molar-refractivity contribution is -0.124. The van der Waals surface area contributed by atoms with Gasteiger partial charge in [-0.15, -0.1) is 17.8 Å². The molecule has 0 saturated heterocycles. The van der Waals surface area contributed by atoms with Crippen LogP contribution >= 0.6 is 11.3 Å². The van der Waals surface area contributed by atoms with Gasteiger partial charge in [-0.2, -0.15) is 0 Å². The average Bonchev–Trinajstić information content (AvgIpc) is 3.21. The third kappa shape index (κ3) is 4.23. The fourth-order valence-corrected chi connectivity index (χ4v) is 4.54. The van der Waals surface area contributed by atoms with Gasteiger partial charge >= 0.3 is 5.91 Å². The van der Waals surface area contributed by atoms with Crippen molar-refractivity contribution in [3.8, 4) is 12.3 Å². The van der Waals surface area contributed by atoms with Crippen molar-refractivity contribution in [2.45, 2.75) is 44.6 Å². The van der Waals surface area contributed by atoms with Crippen LogP contribution in [0.5, 0.6) is 0 Å². The summed E-state index contributed by atoms with van der Waals surface area (Å²) in [6.45, 7) is 0. The standard InChI is InChI=1S/C22H23NO2S/c1-2-21(25)23(18-12-7-4-8-13-18)22(20-14-9-15-26-20)19(24)16-17-10-5-3-6-11-17/h1,4,7-9,12-15,17,22H,3,5-6,10-11,16H2. The van der Waals surface area contributed by atoms with Gasteiger partial charge < -0.3 is 0 Å². The van der Waals surface area contributed by atoms with Gasteiger partial charge in [-0.3, -0.25) is 14.5 Å². The van der Waals surface area contributed by atoms with Gasteiger partial charge in [0.2, 0.25) is 0 Å². The largest absolute Gasteiger partial charge is 0.303 e. The zero-order chi connectivity index (χ0) is 18.4. The number of terminal acetylenes is 1. The number of Topliss-reactive ketones (excluding diaryl/α,β-unsaturated/α-hetero) is 1. The third-order valence-electron chi connectivity index (χ3n) is 4.97. The molecule has 2 aromatic rings. The minimum atomic E-state index is -0.650. The first-order valence-electron chi connectivity index (χ1n) is 9.11. The monoisotopic (exact) mass is 365 g/mol. The van der Waals surface area contributed by atoms with Crippen molar-refractivity contribution in [3.05, 3.63) is 52.7 Å². The van der Waals surface area contributed by atoms with Crippen LogP contribution in [0.25, 0.3) is 0 Å². The van der Waals surface area contributed by atoms with E-state index in [1.807, 2.05) is 47.8 Å². The molecule has 0 N–H and O–H groups in total. The molecular weight excluding hydrogens is 342 g/mol. The molecule has 1 aliphatic carbocycles. The lowest BCUT2D eigenvalue weighted by Crippen LogP contribution is -2.38. The van der Waals surface area contributed by atoms with E-state index in [-0.39, 0.29) is 5.78 Å². The maximum Gasteiger partial charge on any atom is 0.303 e. The second-order valence-electron chi connectivity index (χ2n) is 6.75. The zero-order valence-corrected chi connectivity index (χ0v) is 15.6. The van der Waals surface area contributed by atoms with Gasteiger partial charge in [0.1, 0.15) is 6.04 Å². The van der Waals surface area contributed by atoms with Gasteiger partial charge in [0.05, 0.1) is 0 Å². The maximum absolute atomic E-state index is 13.3. The van der Waals surface area contributed by atoms with Crippen LogP contribution in [0.4, 0.5) is 5.69 Å². The van der Waals surface area contributed by atoms with Crippen molar-refractivity contribution in [2.75, 3.05) is 4.90 Å². The van der Waals surface area contributed by atoms with E-state index >= 15 is 0 Å². The summed E-state index contributed by atoms with van der Waals surface area (Å²) >= 11 is 1.49. The van der Waals surface area contributed by atoms with Crippen LogP contribution in [0.3, 0.4) is 0 Å². The van der Waals surface area contributed by atoms with Gasteiger partial charge in [0.15, 0.2) is 5.78 Å². The molecular formula is C22H23NO2S. The molecule has 3 rings (SSSR count). The minimum absolute atomic E-state index is 0.0757. The van der Waals surface area contributed by atoms with Crippen LogP contribution in [0.1, 0.15) is 49.4 Å². The van der Waals surface area contributed by atoms with Crippen molar-refractivity contribution in [1.82, 2.24) is 0 Å². The van der Waals surface area contributed by atoms with Crippen molar-refractivity contribution < 1.29 is 9.59 Å². The van der Waals surface area contributed by atoms with Gasteiger partial charge in [-0.25, -0.2) is 0 Å². The van der Waals surface area contributed by atoms with E-state index in [2.05, 4.69) is 5.92 Å². The number of para-hydroxylation sites is 1. The molecule has 0 aliphatic heterocycles. The topological polar surface area (TPSA) is 37.4 Å². The highest BCUT2D eigenvalue weighted by Crippen LogP contribution is 2.35. The summed E-state index contributed by atoms with van der Waals surface area (Å²) < 4.78 is 0. The minimum Gasteiger partial charge on any atom is -0.297 e. The first kappa shape index (κ1) is 18.4. The lowest BCUT2D eigenvalue weighted by Gasteiger charge is -2.30. The molecule has 1 aliphatic rings. The van der Waals surface area contributed by atoms with Crippen LogP contribution < -0.4 is 4.90 Å². The summed E-state index contributed by atoms with van der Waals surface area (Å²) in [5.74, 6) is 2.21. The molecule has 4 heteroatoms. The summed E-state index contributed by atoms with van der Waals surface area (Å²) in [7, 11) is 0. The van der Waals surface area contributed by atoms with Gasteiger partial charge in [-0.05, 0) is 35.4 Å². The third-order valence-corrected chi connectivity index (χ3v) is 5.89. The van der Waals surface area contributed by atoms with E-state index < -0.39 is 11.9 Å². The number of carbonyl (C=O) groups is 2. The smallest absolute Gasteiger partial charge is 0.297 e. The van der Waals surface area contributed by atoms with E-state index in [0.717, 1.165) is 17.7 Å². The number of nitrogens with zero attached hydrogens (tertiary/aromatic N) is 1. The van der Waals surface area contributed by atoms with Crippen molar-refractivity contribution in [3.63, 3.8) is 0 Å². The zero-order valence-electron chi connectivity index (χ0n) is 14.8. The summed E-state index contributed by atoms with van der Waals surface area (Å²) in [6, 6.07) is 12.4. The Kier molecular flexibility index (Phi) is 6.25. The average molecular weight is 365 g/mol. The van der Waals surface area contributed by atoms with Crippen molar-refractivity contribution in [1.29, 1.82) is 0 Å². The summed E-state index contributed by atoms with van der Waals surface area (Å²) in [6.07, 6.45) is 11.8. The van der Waals surface area contributed by atoms with Crippen LogP contribution in [-0.2, 0) is 9.59 Å². The van der Waals surface area contributed by atoms with Gasteiger partial charge in [0, 0.05) is 17.0 Å². The summed E-state index contributed by atoms with van der Waals surface area (Å²) in [5, 5.41) is 1.93. The molecule has 1 aromatic carbocycles. The summed E-state index contributed by atoms with van der Waals surface area (Å²) in [5.41, 5.74) is 0.658. The van der Waals surface area contributed by atoms with E-state index in [9.17, 15) is 9.59 Å². The summed E-state index contributed by atoms with van der Waals surface area (Å²) in [4.78, 5) is 28.2. The Hall–Kier alpha value is -2.38. The Morgan fingerprint density at radius 2 is 1.85 bits per heavy atom. The molecule has 134 valence electrons. The number of thiophene rings is 1. The van der Waals surface area contributed by atoms with Crippen LogP contribution in [0, 0.1) is 18.3 Å². The van der Waals surface area contributed by atoms with E-state index in [0.29, 0.717) is 18.0 Å². The van der Waals surface area contributed by atoms with Crippen LogP contribution in [-0.4, -0.2) is 11.7 Å².